The normalized spacial score (nSPS) is 14.3. The summed E-state index contributed by atoms with van der Waals surface area (Å²) >= 11 is 0. The third-order valence-electron chi connectivity index (χ3n) is 5.93. The Morgan fingerprint density at radius 3 is 2.69 bits per heavy atom. The van der Waals surface area contributed by atoms with E-state index in [4.69, 9.17) is 14.5 Å². The Hall–Kier alpha value is -3.69. The lowest BCUT2D eigenvalue weighted by Gasteiger charge is -2.26. The van der Waals surface area contributed by atoms with Crippen LogP contribution in [0.3, 0.4) is 0 Å². The van der Waals surface area contributed by atoms with Gasteiger partial charge in [0.05, 0.1) is 13.2 Å². The molecule has 5 rings (SSSR count). The van der Waals surface area contributed by atoms with Crippen LogP contribution in [0.4, 0.5) is 14.6 Å². The van der Waals surface area contributed by atoms with Crippen LogP contribution >= 0.6 is 0 Å². The predicted molar refractivity (Wildman–Crippen MR) is 130 cm³/mol. The van der Waals surface area contributed by atoms with Crippen LogP contribution in [-0.4, -0.2) is 66.4 Å². The summed E-state index contributed by atoms with van der Waals surface area (Å²) < 4.78 is 40.3. The van der Waals surface area contributed by atoms with Crippen molar-refractivity contribution < 1.29 is 18.3 Å². The number of pyridine rings is 1. The number of fused-ring (bicyclic) bond motifs is 1. The SMILES string of the molecule is CNc1nc(-c2cccnc2)nc2c(OCCN3CCOCC3)cc(-c3cc(F)ccc3F)cc12. The summed E-state index contributed by atoms with van der Waals surface area (Å²) in [6, 6.07) is 10.6. The fourth-order valence-corrected chi connectivity index (χ4v) is 4.11. The van der Waals surface area contributed by atoms with E-state index < -0.39 is 11.6 Å². The minimum absolute atomic E-state index is 0.142. The molecule has 0 bridgehead atoms. The van der Waals surface area contributed by atoms with Crippen LogP contribution in [0.1, 0.15) is 0 Å². The van der Waals surface area contributed by atoms with Crippen LogP contribution in [0.5, 0.6) is 5.75 Å². The Morgan fingerprint density at radius 2 is 1.91 bits per heavy atom. The molecule has 0 saturated carbocycles. The van der Waals surface area contributed by atoms with E-state index >= 15 is 0 Å². The van der Waals surface area contributed by atoms with Gasteiger partial charge >= 0.3 is 0 Å². The van der Waals surface area contributed by atoms with E-state index in [9.17, 15) is 8.78 Å². The highest BCUT2D eigenvalue weighted by atomic mass is 19.1. The van der Waals surface area contributed by atoms with E-state index in [0.717, 1.165) is 30.8 Å². The summed E-state index contributed by atoms with van der Waals surface area (Å²) in [7, 11) is 1.75. The Bertz CT molecular complexity index is 1330. The molecule has 4 aromatic rings. The molecule has 1 saturated heterocycles. The maximum absolute atomic E-state index is 14.7. The molecule has 0 radical (unpaired) electrons. The van der Waals surface area contributed by atoms with Gasteiger partial charge in [-0.3, -0.25) is 9.88 Å². The van der Waals surface area contributed by atoms with Crippen LogP contribution in [-0.2, 0) is 4.74 Å². The smallest absolute Gasteiger partial charge is 0.163 e. The summed E-state index contributed by atoms with van der Waals surface area (Å²) in [5.41, 5.74) is 1.95. The Balaban J connectivity index is 1.61. The molecule has 7 nitrogen and oxygen atoms in total. The molecule has 1 N–H and O–H groups in total. The number of halogens is 2. The van der Waals surface area contributed by atoms with Gasteiger partial charge in [-0.2, -0.15) is 0 Å². The van der Waals surface area contributed by atoms with Gasteiger partial charge in [-0.05, 0) is 48.0 Å². The minimum atomic E-state index is -0.524. The maximum Gasteiger partial charge on any atom is 0.163 e. The van der Waals surface area contributed by atoms with Crippen molar-refractivity contribution in [1.82, 2.24) is 19.9 Å². The number of ether oxygens (including phenoxy) is 2. The first-order valence-corrected chi connectivity index (χ1v) is 11.4. The van der Waals surface area contributed by atoms with Gasteiger partial charge in [0.25, 0.3) is 0 Å². The standard InChI is InChI=1S/C26H25F2N5O2/c1-29-26-21-13-18(20-15-19(27)4-5-22(20)28)14-23(35-12-9-33-7-10-34-11-8-33)24(21)31-25(32-26)17-3-2-6-30-16-17/h2-6,13-16H,7-12H2,1H3,(H,29,31,32). The third kappa shape index (κ3) is 5.06. The van der Waals surface area contributed by atoms with E-state index in [2.05, 4.69) is 20.2 Å². The lowest BCUT2D eigenvalue weighted by atomic mass is 10.0. The van der Waals surface area contributed by atoms with Gasteiger partial charge in [0.2, 0.25) is 0 Å². The van der Waals surface area contributed by atoms with Crippen LogP contribution in [0.2, 0.25) is 0 Å². The first-order chi connectivity index (χ1) is 17.1. The van der Waals surface area contributed by atoms with E-state index in [1.165, 1.54) is 6.07 Å². The second kappa shape index (κ2) is 10.3. The second-order valence-electron chi connectivity index (χ2n) is 8.18. The number of hydrogen-bond acceptors (Lipinski definition) is 7. The molecule has 0 amide bonds. The number of benzene rings is 2. The van der Waals surface area contributed by atoms with Crippen molar-refractivity contribution in [2.45, 2.75) is 0 Å². The zero-order valence-corrected chi connectivity index (χ0v) is 19.3. The van der Waals surface area contributed by atoms with Gasteiger partial charge in [-0.15, -0.1) is 0 Å². The zero-order chi connectivity index (χ0) is 24.2. The lowest BCUT2D eigenvalue weighted by Crippen LogP contribution is -2.38. The zero-order valence-electron chi connectivity index (χ0n) is 19.3. The van der Waals surface area contributed by atoms with Crippen LogP contribution in [0, 0.1) is 11.6 Å². The summed E-state index contributed by atoms with van der Waals surface area (Å²) in [4.78, 5) is 15.9. The average Bonchev–Trinajstić information content (AvgIpc) is 2.90. The van der Waals surface area contributed by atoms with Crippen molar-refractivity contribution in [3.8, 4) is 28.3 Å². The van der Waals surface area contributed by atoms with Gasteiger partial charge in [-0.1, -0.05) is 0 Å². The largest absolute Gasteiger partial charge is 0.490 e. The Labute approximate surface area is 201 Å². The van der Waals surface area contributed by atoms with Crippen molar-refractivity contribution >= 4 is 16.7 Å². The quantitative estimate of drug-likeness (QED) is 0.423. The molecule has 1 aliphatic heterocycles. The second-order valence-corrected chi connectivity index (χ2v) is 8.18. The first kappa shape index (κ1) is 23.1. The molecule has 0 spiro atoms. The fourth-order valence-electron chi connectivity index (χ4n) is 4.11. The van der Waals surface area contributed by atoms with Crippen molar-refractivity contribution in [2.75, 3.05) is 51.8 Å². The molecule has 9 heteroatoms. The van der Waals surface area contributed by atoms with Gasteiger partial charge < -0.3 is 14.8 Å². The van der Waals surface area contributed by atoms with E-state index in [-0.39, 0.29) is 5.56 Å². The minimum Gasteiger partial charge on any atom is -0.490 e. The number of aromatic nitrogens is 3. The van der Waals surface area contributed by atoms with Gasteiger partial charge in [0, 0.05) is 55.6 Å². The lowest BCUT2D eigenvalue weighted by molar-refractivity contribution is 0.0323. The topological polar surface area (TPSA) is 72.4 Å². The summed E-state index contributed by atoms with van der Waals surface area (Å²) in [5, 5.41) is 3.74. The molecule has 0 atom stereocenters. The average molecular weight is 478 g/mol. The highest BCUT2D eigenvalue weighted by molar-refractivity contribution is 5.97. The molecule has 35 heavy (non-hydrogen) atoms. The molecule has 180 valence electrons. The predicted octanol–water partition coefficient (Wildman–Crippen LogP) is 4.39. The molecule has 1 aliphatic rings. The molecule has 3 heterocycles. The number of nitrogens with zero attached hydrogens (tertiary/aromatic N) is 4. The number of rotatable bonds is 7. The van der Waals surface area contributed by atoms with Crippen LogP contribution < -0.4 is 10.1 Å². The van der Waals surface area contributed by atoms with E-state index in [1.807, 2.05) is 12.1 Å². The van der Waals surface area contributed by atoms with Gasteiger partial charge in [0.1, 0.15) is 35.3 Å². The fraction of sp³-hybridized carbons (Fsp3) is 0.269. The van der Waals surface area contributed by atoms with Crippen LogP contribution in [0.15, 0.2) is 54.9 Å². The monoisotopic (exact) mass is 477 g/mol. The maximum atomic E-state index is 14.7. The molecule has 2 aromatic heterocycles. The van der Waals surface area contributed by atoms with Gasteiger partial charge in [-0.25, -0.2) is 18.7 Å². The number of morpholine rings is 1. The number of nitrogens with one attached hydrogen (secondary N) is 1. The van der Waals surface area contributed by atoms with Crippen molar-refractivity contribution in [3.05, 3.63) is 66.5 Å². The van der Waals surface area contributed by atoms with E-state index in [1.54, 1.807) is 31.6 Å². The Kier molecular flexibility index (Phi) is 6.78. The highest BCUT2D eigenvalue weighted by Crippen LogP contribution is 2.37. The number of anilines is 1. The summed E-state index contributed by atoms with van der Waals surface area (Å²) in [5.74, 6) is 0.457. The highest BCUT2D eigenvalue weighted by Gasteiger charge is 2.18. The molecule has 0 unspecified atom stereocenters. The molecule has 0 aliphatic carbocycles. The van der Waals surface area contributed by atoms with Gasteiger partial charge in [0.15, 0.2) is 5.82 Å². The van der Waals surface area contributed by atoms with Crippen molar-refractivity contribution in [2.24, 2.45) is 0 Å². The van der Waals surface area contributed by atoms with Crippen molar-refractivity contribution in [3.63, 3.8) is 0 Å². The summed E-state index contributed by atoms with van der Waals surface area (Å²) in [6.45, 7) is 4.20. The first-order valence-electron chi connectivity index (χ1n) is 11.4. The third-order valence-corrected chi connectivity index (χ3v) is 5.93. The number of hydrogen-bond donors (Lipinski definition) is 1. The Morgan fingerprint density at radius 1 is 1.06 bits per heavy atom. The molecular weight excluding hydrogens is 452 g/mol. The summed E-state index contributed by atoms with van der Waals surface area (Å²) in [6.07, 6.45) is 3.37. The van der Waals surface area contributed by atoms with E-state index in [0.29, 0.717) is 60.2 Å². The molecule has 1 fully saturated rings. The van der Waals surface area contributed by atoms with Crippen molar-refractivity contribution in [1.29, 1.82) is 0 Å². The molecule has 2 aromatic carbocycles. The van der Waals surface area contributed by atoms with Crippen LogP contribution in [0.25, 0.3) is 33.4 Å². The molecular formula is C26H25F2N5O2.